The smallest absolute Gasteiger partial charge is 0.380 e. The first kappa shape index (κ1) is 29.1. The normalized spacial score (nSPS) is 26.5. The van der Waals surface area contributed by atoms with Gasteiger partial charge in [0.1, 0.15) is 6.04 Å². The molecule has 13 nitrogen and oxygen atoms in total. The Morgan fingerprint density at radius 2 is 2.05 bits per heavy atom. The van der Waals surface area contributed by atoms with Crippen molar-refractivity contribution in [3.63, 3.8) is 0 Å². The summed E-state index contributed by atoms with van der Waals surface area (Å²) in [6.45, 7) is 10.9. The SMILES string of the molecule is C=C1N[C@@H](N2CCOC[C@H]2c2nc(C)no2)N(CC2CCC(C)CC2)/C1=C(/N=C(N)c1noc(=O)[nH]1)c1cccc(Cl)c1. The highest BCUT2D eigenvalue weighted by molar-refractivity contribution is 6.30. The van der Waals surface area contributed by atoms with Gasteiger partial charge in [0.15, 0.2) is 17.9 Å². The minimum atomic E-state index is -0.722. The van der Waals surface area contributed by atoms with Crippen molar-refractivity contribution in [2.45, 2.75) is 51.9 Å². The lowest BCUT2D eigenvalue weighted by Crippen LogP contribution is -2.56. The maximum atomic E-state index is 11.7. The van der Waals surface area contributed by atoms with Gasteiger partial charge in [-0.05, 0) is 43.7 Å². The number of morpholine rings is 1. The molecule has 2 saturated heterocycles. The minimum absolute atomic E-state index is 0.0124. The molecule has 0 amide bonds. The topological polar surface area (TPSA) is 164 Å². The van der Waals surface area contributed by atoms with E-state index in [1.54, 1.807) is 13.0 Å². The number of benzene rings is 1. The van der Waals surface area contributed by atoms with E-state index >= 15 is 0 Å². The summed E-state index contributed by atoms with van der Waals surface area (Å²) in [6.07, 6.45) is 4.31. The van der Waals surface area contributed by atoms with Gasteiger partial charge in [0, 0.05) is 23.7 Å². The first-order valence-corrected chi connectivity index (χ1v) is 14.9. The number of aliphatic imine (C=N–C) groups is 1. The number of rotatable bonds is 7. The number of nitrogens with one attached hydrogen (secondary N) is 2. The summed E-state index contributed by atoms with van der Waals surface area (Å²) in [5.41, 5.74) is 9.09. The predicted molar refractivity (Wildman–Crippen MR) is 159 cm³/mol. The van der Waals surface area contributed by atoms with E-state index in [9.17, 15) is 4.79 Å². The molecule has 4 heterocycles. The van der Waals surface area contributed by atoms with Gasteiger partial charge in [-0.1, -0.05) is 60.4 Å². The van der Waals surface area contributed by atoms with Crippen LogP contribution in [-0.2, 0) is 4.74 Å². The molecule has 1 aliphatic carbocycles. The zero-order chi connectivity index (χ0) is 30.1. The van der Waals surface area contributed by atoms with Crippen molar-refractivity contribution in [3.8, 4) is 0 Å². The molecule has 2 aromatic heterocycles. The van der Waals surface area contributed by atoms with Crippen LogP contribution in [0, 0.1) is 18.8 Å². The van der Waals surface area contributed by atoms with Crippen LogP contribution in [0.5, 0.6) is 0 Å². The molecule has 1 aromatic carbocycles. The molecule has 0 bridgehead atoms. The number of hydrogen-bond donors (Lipinski definition) is 3. The Kier molecular flexibility index (Phi) is 8.37. The summed E-state index contributed by atoms with van der Waals surface area (Å²) in [6, 6.07) is 7.12. The number of nitrogens with zero attached hydrogens (tertiary/aromatic N) is 6. The number of nitrogens with two attached hydrogens (primary N) is 1. The molecule has 1 saturated carbocycles. The largest absolute Gasteiger partial charge is 0.439 e. The second kappa shape index (κ2) is 12.3. The second-order valence-electron chi connectivity index (χ2n) is 11.4. The summed E-state index contributed by atoms with van der Waals surface area (Å²) in [5, 5.41) is 11.9. The van der Waals surface area contributed by atoms with E-state index in [2.05, 4.69) is 53.4 Å². The van der Waals surface area contributed by atoms with Gasteiger partial charge in [0.05, 0.1) is 30.3 Å². The van der Waals surface area contributed by atoms with Crippen LogP contribution in [-0.4, -0.2) is 68.5 Å². The van der Waals surface area contributed by atoms with Gasteiger partial charge in [-0.3, -0.25) is 9.51 Å². The maximum absolute atomic E-state index is 11.7. The lowest BCUT2D eigenvalue weighted by Gasteiger charge is -2.43. The van der Waals surface area contributed by atoms with E-state index in [1.807, 2.05) is 18.2 Å². The highest BCUT2D eigenvalue weighted by Crippen LogP contribution is 2.39. The van der Waals surface area contributed by atoms with E-state index in [-0.39, 0.29) is 24.0 Å². The molecule has 0 spiro atoms. The Morgan fingerprint density at radius 1 is 1.23 bits per heavy atom. The van der Waals surface area contributed by atoms with Gasteiger partial charge in [0.2, 0.25) is 11.7 Å². The first-order chi connectivity index (χ1) is 20.8. The molecule has 228 valence electrons. The fourth-order valence-electron chi connectivity index (χ4n) is 6.09. The van der Waals surface area contributed by atoms with E-state index in [0.29, 0.717) is 59.7 Å². The van der Waals surface area contributed by atoms with Crippen LogP contribution in [0.25, 0.3) is 5.70 Å². The van der Waals surface area contributed by atoms with Gasteiger partial charge in [-0.15, -0.1) is 0 Å². The van der Waals surface area contributed by atoms with Crippen LogP contribution in [0.2, 0.25) is 5.02 Å². The van der Waals surface area contributed by atoms with E-state index in [1.165, 1.54) is 12.8 Å². The zero-order valence-electron chi connectivity index (χ0n) is 24.3. The van der Waals surface area contributed by atoms with Gasteiger partial charge < -0.3 is 25.2 Å². The number of H-pyrrole nitrogens is 1. The maximum Gasteiger partial charge on any atom is 0.439 e. The number of aromatic amines is 1. The number of aryl methyl sites for hydroxylation is 1. The average Bonchev–Trinajstić information content (AvgIpc) is 3.71. The number of amidine groups is 1. The number of halogens is 1. The van der Waals surface area contributed by atoms with Gasteiger partial charge in [-0.2, -0.15) is 4.98 Å². The van der Waals surface area contributed by atoms with Gasteiger partial charge >= 0.3 is 5.76 Å². The molecule has 2 atom stereocenters. The van der Waals surface area contributed by atoms with Gasteiger partial charge in [-0.25, -0.2) is 14.7 Å². The molecule has 3 aromatic rings. The Bertz CT molecular complexity index is 1590. The van der Waals surface area contributed by atoms with Crippen molar-refractivity contribution in [1.29, 1.82) is 0 Å². The molecule has 3 fully saturated rings. The summed E-state index contributed by atoms with van der Waals surface area (Å²) in [7, 11) is 0. The molecule has 14 heteroatoms. The fourth-order valence-corrected chi connectivity index (χ4v) is 6.28. The third kappa shape index (κ3) is 6.24. The fraction of sp³-hybridized carbons (Fsp3) is 0.483. The third-order valence-electron chi connectivity index (χ3n) is 8.31. The summed E-state index contributed by atoms with van der Waals surface area (Å²) in [5.74, 6) is 1.54. The van der Waals surface area contributed by atoms with Gasteiger partial charge in [0.25, 0.3) is 0 Å². The van der Waals surface area contributed by atoms with Crippen molar-refractivity contribution in [1.82, 2.24) is 35.4 Å². The number of aromatic nitrogens is 4. The van der Waals surface area contributed by atoms with E-state index < -0.39 is 5.76 Å². The Hall–Kier alpha value is -3.94. The molecule has 0 radical (unpaired) electrons. The van der Waals surface area contributed by atoms with Crippen LogP contribution in [0.4, 0.5) is 0 Å². The summed E-state index contributed by atoms with van der Waals surface area (Å²) >= 11 is 6.46. The number of ether oxygens (including phenoxy) is 1. The molecule has 43 heavy (non-hydrogen) atoms. The lowest BCUT2D eigenvalue weighted by atomic mass is 9.82. The molecule has 2 aliphatic heterocycles. The average molecular weight is 610 g/mol. The van der Waals surface area contributed by atoms with Crippen molar-refractivity contribution in [2.24, 2.45) is 22.6 Å². The Balaban J connectivity index is 1.48. The molecular formula is C29H36ClN9O4. The summed E-state index contributed by atoms with van der Waals surface area (Å²) < 4.78 is 16.2. The van der Waals surface area contributed by atoms with Crippen molar-refractivity contribution in [2.75, 3.05) is 26.3 Å². The van der Waals surface area contributed by atoms with Crippen LogP contribution < -0.4 is 16.8 Å². The van der Waals surface area contributed by atoms with E-state index in [0.717, 1.165) is 30.6 Å². The Morgan fingerprint density at radius 3 is 2.74 bits per heavy atom. The molecule has 3 aliphatic rings. The minimum Gasteiger partial charge on any atom is -0.380 e. The predicted octanol–water partition coefficient (Wildman–Crippen LogP) is 3.38. The highest BCUT2D eigenvalue weighted by Gasteiger charge is 2.43. The first-order valence-electron chi connectivity index (χ1n) is 14.5. The Labute approximate surface area is 253 Å². The van der Waals surface area contributed by atoms with Crippen molar-refractivity contribution < 1.29 is 13.8 Å². The second-order valence-corrected chi connectivity index (χ2v) is 11.9. The van der Waals surface area contributed by atoms with Crippen LogP contribution >= 0.6 is 11.6 Å². The molecule has 0 unspecified atom stereocenters. The van der Waals surface area contributed by atoms with Crippen molar-refractivity contribution in [3.05, 3.63) is 80.9 Å². The standard InChI is InChI=1S/C29H36ClN9O4/c1-16-7-9-19(10-8-16)14-39-24(17(2)32-28(39)38-11-12-41-15-22(38)27-33-18(3)36-42-27)23(20-5-4-6-21(30)13-20)34-25(31)26-35-29(40)43-37-26/h4-6,13,16,19,22,28,32H,2,7-12,14-15H2,1,3H3,(H2,31,34)(H,35,37,40)/b24-23+/t16?,19?,22-,28-/m0/s1. The zero-order valence-corrected chi connectivity index (χ0v) is 25.0. The highest BCUT2D eigenvalue weighted by atomic mass is 35.5. The molecular weight excluding hydrogens is 574 g/mol. The quantitative estimate of drug-likeness (QED) is 0.266. The van der Waals surface area contributed by atoms with E-state index in [4.69, 9.17) is 31.6 Å². The third-order valence-corrected chi connectivity index (χ3v) is 8.55. The monoisotopic (exact) mass is 609 g/mol. The van der Waals surface area contributed by atoms with Crippen LogP contribution in [0.1, 0.15) is 61.8 Å². The van der Waals surface area contributed by atoms with Crippen LogP contribution in [0.15, 0.2) is 61.1 Å². The molecule has 4 N–H and O–H groups in total. The van der Waals surface area contributed by atoms with Crippen molar-refractivity contribution >= 4 is 23.1 Å². The number of hydrogen-bond acceptors (Lipinski definition) is 11. The van der Waals surface area contributed by atoms with Crippen LogP contribution in [0.3, 0.4) is 0 Å². The molecule has 6 rings (SSSR count). The summed E-state index contributed by atoms with van der Waals surface area (Å²) in [4.78, 5) is 28.1. The lowest BCUT2D eigenvalue weighted by molar-refractivity contribution is -0.0756.